The Morgan fingerprint density at radius 3 is 2.23 bits per heavy atom. The van der Waals surface area contributed by atoms with Gasteiger partial charge in [0.05, 0.1) is 16.3 Å². The normalized spacial score (nSPS) is 9.45. The number of aromatic nitrogens is 1. The lowest BCUT2D eigenvalue weighted by Crippen LogP contribution is -1.93. The lowest BCUT2D eigenvalue weighted by molar-refractivity contribution is 0.513. The van der Waals surface area contributed by atoms with E-state index in [1.807, 2.05) is 55.5 Å². The molecule has 0 aliphatic heterocycles. The molecule has 0 atom stereocenters. The number of thiophene rings is 2. The summed E-state index contributed by atoms with van der Waals surface area (Å²) in [5.41, 5.74) is 1.65. The predicted octanol–water partition coefficient (Wildman–Crippen LogP) is 6.02. The number of hydrogen-bond donors (Lipinski definition) is 1. The van der Waals surface area contributed by atoms with Crippen LogP contribution in [-0.2, 0) is 0 Å². The number of rotatable bonds is 6. The van der Waals surface area contributed by atoms with E-state index in [0.29, 0.717) is 17.2 Å². The Hall–Kier alpha value is -4.34. The molecule has 3 heterocycles. The lowest BCUT2D eigenvalue weighted by Gasteiger charge is -2.06. The van der Waals surface area contributed by atoms with Gasteiger partial charge in [0.1, 0.15) is 46.9 Å². The van der Waals surface area contributed by atoms with Crippen molar-refractivity contribution in [3.8, 4) is 40.6 Å². The maximum Gasteiger partial charge on any atom is 0.143 e. The van der Waals surface area contributed by atoms with Gasteiger partial charge in [0.2, 0.25) is 0 Å². The third kappa shape index (κ3) is 4.99. The second-order valence-electron chi connectivity index (χ2n) is 6.15. The van der Waals surface area contributed by atoms with Crippen LogP contribution >= 0.6 is 22.7 Å². The standard InChI is InChI=1S/C23H13N5OS2/c1-14(29-22-9-19(30-15(22)2)8-17(12-26)13-27)20-4-5-21(28-20)23-6-3-18(31-23)7-16(10-24)11-25/h3-9,28H,1H2,2H3. The maximum absolute atomic E-state index is 8.91. The number of nitriles is 4. The van der Waals surface area contributed by atoms with Crippen molar-refractivity contribution in [1.82, 2.24) is 4.98 Å². The smallest absolute Gasteiger partial charge is 0.143 e. The highest BCUT2D eigenvalue weighted by molar-refractivity contribution is 7.16. The zero-order valence-electron chi connectivity index (χ0n) is 16.3. The highest BCUT2D eigenvalue weighted by Gasteiger charge is 2.12. The van der Waals surface area contributed by atoms with Crippen molar-refractivity contribution < 1.29 is 4.74 Å². The van der Waals surface area contributed by atoms with Gasteiger partial charge >= 0.3 is 0 Å². The molecule has 6 nitrogen and oxygen atoms in total. The molecule has 3 aromatic rings. The van der Waals surface area contributed by atoms with Crippen LogP contribution in [0.25, 0.3) is 28.5 Å². The average Bonchev–Trinajstić information content (AvgIpc) is 3.50. The summed E-state index contributed by atoms with van der Waals surface area (Å²) in [6, 6.07) is 16.7. The van der Waals surface area contributed by atoms with Crippen LogP contribution < -0.4 is 4.74 Å². The van der Waals surface area contributed by atoms with Gasteiger partial charge in [-0.25, -0.2) is 0 Å². The first-order valence-electron chi connectivity index (χ1n) is 8.78. The Balaban J connectivity index is 1.77. The molecule has 0 saturated carbocycles. The largest absolute Gasteiger partial charge is 0.455 e. The molecule has 0 aliphatic carbocycles. The fourth-order valence-electron chi connectivity index (χ4n) is 2.59. The zero-order chi connectivity index (χ0) is 22.4. The minimum atomic E-state index is 0.0301. The summed E-state index contributed by atoms with van der Waals surface area (Å²) < 4.78 is 5.91. The van der Waals surface area contributed by atoms with Gasteiger partial charge in [-0.1, -0.05) is 6.58 Å². The predicted molar refractivity (Wildman–Crippen MR) is 121 cm³/mol. The third-order valence-electron chi connectivity index (χ3n) is 4.06. The highest BCUT2D eigenvalue weighted by Crippen LogP contribution is 2.34. The third-order valence-corrected chi connectivity index (χ3v) is 6.10. The minimum Gasteiger partial charge on any atom is -0.455 e. The quantitative estimate of drug-likeness (QED) is 0.372. The molecule has 1 N–H and O–H groups in total. The molecule has 0 amide bonds. The first-order valence-corrected chi connectivity index (χ1v) is 10.4. The lowest BCUT2D eigenvalue weighted by atomic mass is 10.2. The average molecular weight is 440 g/mol. The van der Waals surface area contributed by atoms with Gasteiger partial charge < -0.3 is 9.72 Å². The van der Waals surface area contributed by atoms with E-state index in [1.54, 1.807) is 12.1 Å². The van der Waals surface area contributed by atoms with Crippen LogP contribution in [0, 0.1) is 52.2 Å². The molecule has 0 spiro atoms. The summed E-state index contributed by atoms with van der Waals surface area (Å²) in [5, 5.41) is 35.6. The number of nitrogens with one attached hydrogen (secondary N) is 1. The van der Waals surface area contributed by atoms with Crippen LogP contribution in [0.1, 0.15) is 20.3 Å². The Morgan fingerprint density at radius 1 is 0.935 bits per heavy atom. The van der Waals surface area contributed by atoms with Gasteiger partial charge in [0.15, 0.2) is 0 Å². The number of hydrogen-bond acceptors (Lipinski definition) is 7. The summed E-state index contributed by atoms with van der Waals surface area (Å²) >= 11 is 2.87. The molecule has 3 aromatic heterocycles. The van der Waals surface area contributed by atoms with Gasteiger partial charge in [-0.2, -0.15) is 21.0 Å². The van der Waals surface area contributed by atoms with Crippen molar-refractivity contribution in [1.29, 1.82) is 21.0 Å². The molecule has 31 heavy (non-hydrogen) atoms. The van der Waals surface area contributed by atoms with E-state index in [1.165, 1.54) is 28.7 Å². The first-order chi connectivity index (χ1) is 15.0. The summed E-state index contributed by atoms with van der Waals surface area (Å²) in [6.07, 6.45) is 3.07. The fourth-order valence-corrected chi connectivity index (χ4v) is 4.42. The van der Waals surface area contributed by atoms with E-state index in [2.05, 4.69) is 11.6 Å². The number of H-pyrrole nitrogens is 1. The van der Waals surface area contributed by atoms with E-state index >= 15 is 0 Å². The molecule has 0 bridgehead atoms. The molecule has 0 aliphatic rings. The summed E-state index contributed by atoms with van der Waals surface area (Å²) in [5.74, 6) is 1.04. The number of ether oxygens (including phenoxy) is 1. The molecule has 3 rings (SSSR count). The minimum absolute atomic E-state index is 0.0301. The van der Waals surface area contributed by atoms with E-state index in [0.717, 1.165) is 25.2 Å². The number of aromatic amines is 1. The Labute approximate surface area is 187 Å². The molecule has 148 valence electrons. The topological polar surface area (TPSA) is 120 Å². The van der Waals surface area contributed by atoms with Crippen molar-refractivity contribution in [2.45, 2.75) is 6.92 Å². The first kappa shape index (κ1) is 21.4. The number of aryl methyl sites for hydroxylation is 1. The molecule has 0 fully saturated rings. The highest BCUT2D eigenvalue weighted by atomic mass is 32.1. The molecule has 0 aromatic carbocycles. The van der Waals surface area contributed by atoms with Gasteiger partial charge in [-0.05, 0) is 49.4 Å². The van der Waals surface area contributed by atoms with E-state index in [9.17, 15) is 0 Å². The van der Waals surface area contributed by atoms with E-state index in [4.69, 9.17) is 25.8 Å². The fraction of sp³-hybridized carbons (Fsp3) is 0.0435. The van der Waals surface area contributed by atoms with Crippen LogP contribution in [0.15, 0.2) is 48.1 Å². The van der Waals surface area contributed by atoms with Crippen molar-refractivity contribution >= 4 is 40.6 Å². The van der Waals surface area contributed by atoms with Gasteiger partial charge in [0, 0.05) is 14.6 Å². The second kappa shape index (κ2) is 9.44. The Morgan fingerprint density at radius 2 is 1.58 bits per heavy atom. The monoisotopic (exact) mass is 439 g/mol. The Bertz CT molecular complexity index is 1350. The van der Waals surface area contributed by atoms with Gasteiger partial charge in [-0.15, -0.1) is 22.7 Å². The Kier molecular flexibility index (Phi) is 6.51. The van der Waals surface area contributed by atoms with Crippen LogP contribution in [0.5, 0.6) is 5.75 Å². The van der Waals surface area contributed by atoms with Crippen LogP contribution in [0.2, 0.25) is 0 Å². The maximum atomic E-state index is 8.91. The van der Waals surface area contributed by atoms with E-state index in [-0.39, 0.29) is 11.1 Å². The number of allylic oxidation sites excluding steroid dienone is 2. The van der Waals surface area contributed by atoms with Crippen LogP contribution in [0.4, 0.5) is 0 Å². The van der Waals surface area contributed by atoms with Crippen molar-refractivity contribution in [3.05, 3.63) is 68.4 Å². The molecular weight excluding hydrogens is 426 g/mol. The summed E-state index contributed by atoms with van der Waals surface area (Å²) in [4.78, 5) is 6.66. The SMILES string of the molecule is C=C(Oc1cc(C=C(C#N)C#N)sc1C)c1ccc(-c2ccc(C=C(C#N)C#N)s2)[nH]1. The van der Waals surface area contributed by atoms with Crippen molar-refractivity contribution in [3.63, 3.8) is 0 Å². The molecular formula is C23H13N5OS2. The molecule has 0 radical (unpaired) electrons. The van der Waals surface area contributed by atoms with Gasteiger partial charge in [0.25, 0.3) is 0 Å². The molecule has 0 saturated heterocycles. The van der Waals surface area contributed by atoms with Crippen LogP contribution in [0.3, 0.4) is 0 Å². The molecule has 0 unspecified atom stereocenters. The number of nitrogens with zero attached hydrogens (tertiary/aromatic N) is 4. The zero-order valence-corrected chi connectivity index (χ0v) is 17.9. The van der Waals surface area contributed by atoms with Crippen molar-refractivity contribution in [2.24, 2.45) is 0 Å². The van der Waals surface area contributed by atoms with Crippen molar-refractivity contribution in [2.75, 3.05) is 0 Å². The van der Waals surface area contributed by atoms with Gasteiger partial charge in [-0.3, -0.25) is 0 Å². The molecule has 8 heteroatoms. The second-order valence-corrected chi connectivity index (χ2v) is 8.55. The van der Waals surface area contributed by atoms with E-state index < -0.39 is 0 Å². The summed E-state index contributed by atoms with van der Waals surface area (Å²) in [7, 11) is 0. The summed E-state index contributed by atoms with van der Waals surface area (Å²) in [6.45, 7) is 5.88. The van der Waals surface area contributed by atoms with Crippen LogP contribution in [-0.4, -0.2) is 4.98 Å².